The summed E-state index contributed by atoms with van der Waals surface area (Å²) in [5, 5.41) is 3.30. The van der Waals surface area contributed by atoms with Crippen LogP contribution in [0.4, 0.5) is 5.69 Å². The number of ketones is 1. The van der Waals surface area contributed by atoms with E-state index in [0.717, 1.165) is 6.20 Å². The van der Waals surface area contributed by atoms with Crippen LogP contribution in [-0.4, -0.2) is 37.7 Å². The summed E-state index contributed by atoms with van der Waals surface area (Å²) < 4.78 is 20.7. The van der Waals surface area contributed by atoms with Crippen LogP contribution >= 0.6 is 11.6 Å². The van der Waals surface area contributed by atoms with E-state index < -0.39 is 17.7 Å². The zero-order chi connectivity index (χ0) is 22.8. The number of anilines is 1. The molecular formula is C22H20ClNO7. The summed E-state index contributed by atoms with van der Waals surface area (Å²) in [6, 6.07) is 9.38. The van der Waals surface area contributed by atoms with Crippen molar-refractivity contribution in [1.29, 1.82) is 0 Å². The van der Waals surface area contributed by atoms with E-state index in [2.05, 4.69) is 5.32 Å². The number of cyclic esters (lactones) is 2. The highest BCUT2D eigenvalue weighted by atomic mass is 35.5. The highest BCUT2D eigenvalue weighted by Crippen LogP contribution is 2.35. The van der Waals surface area contributed by atoms with Crippen molar-refractivity contribution in [3.8, 4) is 11.5 Å². The Hall–Kier alpha value is -3.52. The standard InChI is InChI=1S/C22H20ClNO7/c1-22(2)30-20(26)15(21(27)31-22)11-24-16-10-18(29-4)17(28-3)9-14(16)19(25)12-5-7-13(23)8-6-12/h5-11,24H,1-4H3. The second-order valence-electron chi connectivity index (χ2n) is 6.97. The number of benzene rings is 2. The summed E-state index contributed by atoms with van der Waals surface area (Å²) in [6.45, 7) is 2.90. The van der Waals surface area contributed by atoms with Gasteiger partial charge < -0.3 is 24.3 Å². The third-order valence-corrected chi connectivity index (χ3v) is 4.62. The lowest BCUT2D eigenvalue weighted by molar-refractivity contribution is -0.222. The molecule has 2 aromatic rings. The number of ether oxygens (including phenoxy) is 4. The minimum Gasteiger partial charge on any atom is -0.493 e. The van der Waals surface area contributed by atoms with E-state index in [0.29, 0.717) is 22.1 Å². The van der Waals surface area contributed by atoms with Gasteiger partial charge in [-0.05, 0) is 30.3 Å². The first-order valence-electron chi connectivity index (χ1n) is 9.15. The van der Waals surface area contributed by atoms with Crippen LogP contribution in [-0.2, 0) is 19.1 Å². The molecule has 1 saturated heterocycles. The van der Waals surface area contributed by atoms with Gasteiger partial charge in [0.25, 0.3) is 5.79 Å². The Morgan fingerprint density at radius 3 is 2.10 bits per heavy atom. The summed E-state index contributed by atoms with van der Waals surface area (Å²) in [5.41, 5.74) is 0.523. The Labute approximate surface area is 183 Å². The molecule has 31 heavy (non-hydrogen) atoms. The van der Waals surface area contributed by atoms with Gasteiger partial charge in [0.05, 0.1) is 19.9 Å². The van der Waals surface area contributed by atoms with Crippen LogP contribution in [0.25, 0.3) is 0 Å². The maximum atomic E-state index is 13.1. The van der Waals surface area contributed by atoms with Crippen molar-refractivity contribution >= 4 is 35.0 Å². The number of methoxy groups -OCH3 is 2. The van der Waals surface area contributed by atoms with E-state index in [-0.39, 0.29) is 22.6 Å². The van der Waals surface area contributed by atoms with Crippen LogP contribution < -0.4 is 14.8 Å². The number of nitrogens with one attached hydrogen (secondary N) is 1. The van der Waals surface area contributed by atoms with Gasteiger partial charge in [0.15, 0.2) is 22.9 Å². The molecule has 8 nitrogen and oxygen atoms in total. The average Bonchev–Trinajstić information content (AvgIpc) is 2.71. The second kappa shape index (κ2) is 8.69. The lowest BCUT2D eigenvalue weighted by Gasteiger charge is -2.29. The highest BCUT2D eigenvalue weighted by molar-refractivity contribution is 6.30. The molecule has 2 aromatic carbocycles. The summed E-state index contributed by atoms with van der Waals surface area (Å²) in [4.78, 5) is 37.5. The van der Waals surface area contributed by atoms with Crippen molar-refractivity contribution in [1.82, 2.24) is 0 Å². The lowest BCUT2D eigenvalue weighted by atomic mass is 10.0. The van der Waals surface area contributed by atoms with Crippen LogP contribution in [0.5, 0.6) is 11.5 Å². The van der Waals surface area contributed by atoms with Gasteiger partial charge in [-0.1, -0.05) is 11.6 Å². The van der Waals surface area contributed by atoms with Gasteiger partial charge in [0.1, 0.15) is 0 Å². The molecular weight excluding hydrogens is 426 g/mol. The fraction of sp³-hybridized carbons (Fsp3) is 0.227. The first-order valence-corrected chi connectivity index (χ1v) is 9.52. The SMILES string of the molecule is COc1cc(NC=C2C(=O)OC(C)(C)OC2=O)c(C(=O)c2ccc(Cl)cc2)cc1OC. The monoisotopic (exact) mass is 445 g/mol. The molecule has 0 aliphatic carbocycles. The van der Waals surface area contributed by atoms with E-state index >= 15 is 0 Å². The minimum atomic E-state index is -1.36. The van der Waals surface area contributed by atoms with E-state index in [1.807, 2.05) is 0 Å². The molecule has 1 heterocycles. The van der Waals surface area contributed by atoms with E-state index in [1.54, 1.807) is 24.3 Å². The summed E-state index contributed by atoms with van der Waals surface area (Å²) in [7, 11) is 2.89. The Kier molecular flexibility index (Phi) is 6.21. The molecule has 1 fully saturated rings. The number of carbonyl (C=O) groups is 3. The maximum absolute atomic E-state index is 13.1. The molecule has 1 aliphatic rings. The van der Waals surface area contributed by atoms with Gasteiger partial charge >= 0.3 is 11.9 Å². The molecule has 162 valence electrons. The molecule has 0 saturated carbocycles. The molecule has 0 atom stereocenters. The number of carbonyl (C=O) groups excluding carboxylic acids is 3. The Morgan fingerprint density at radius 1 is 1.00 bits per heavy atom. The summed E-state index contributed by atoms with van der Waals surface area (Å²) in [6.07, 6.45) is 1.12. The zero-order valence-corrected chi connectivity index (χ0v) is 18.0. The fourth-order valence-corrected chi connectivity index (χ4v) is 3.00. The topological polar surface area (TPSA) is 100 Å². The molecule has 9 heteroatoms. The third kappa shape index (κ3) is 4.80. The predicted octanol–water partition coefficient (Wildman–Crippen LogP) is 3.72. The summed E-state index contributed by atoms with van der Waals surface area (Å²) >= 11 is 5.91. The first kappa shape index (κ1) is 22.2. The van der Waals surface area contributed by atoms with Crippen LogP contribution in [0.1, 0.15) is 29.8 Å². The molecule has 0 spiro atoms. The Bertz CT molecular complexity index is 1050. The lowest BCUT2D eigenvalue weighted by Crippen LogP contribution is -2.42. The number of hydrogen-bond acceptors (Lipinski definition) is 8. The van der Waals surface area contributed by atoms with Crippen molar-refractivity contribution in [3.63, 3.8) is 0 Å². The van der Waals surface area contributed by atoms with Crippen LogP contribution in [0.2, 0.25) is 5.02 Å². The molecule has 0 bridgehead atoms. The number of hydrogen-bond donors (Lipinski definition) is 1. The number of esters is 2. The van der Waals surface area contributed by atoms with Crippen molar-refractivity contribution in [2.75, 3.05) is 19.5 Å². The van der Waals surface area contributed by atoms with Crippen LogP contribution in [0.3, 0.4) is 0 Å². The van der Waals surface area contributed by atoms with Crippen LogP contribution in [0, 0.1) is 0 Å². The third-order valence-electron chi connectivity index (χ3n) is 4.36. The average molecular weight is 446 g/mol. The number of halogens is 1. The van der Waals surface area contributed by atoms with Gasteiger partial charge in [-0.3, -0.25) is 4.79 Å². The Balaban J connectivity index is 2.02. The van der Waals surface area contributed by atoms with Gasteiger partial charge in [0, 0.05) is 42.3 Å². The van der Waals surface area contributed by atoms with Crippen molar-refractivity contribution in [2.45, 2.75) is 19.6 Å². The van der Waals surface area contributed by atoms with Gasteiger partial charge in [-0.15, -0.1) is 0 Å². The highest BCUT2D eigenvalue weighted by Gasteiger charge is 2.39. The van der Waals surface area contributed by atoms with Crippen LogP contribution in [0.15, 0.2) is 48.2 Å². The molecule has 3 rings (SSSR count). The molecule has 1 aliphatic heterocycles. The first-order chi connectivity index (χ1) is 14.6. The van der Waals surface area contributed by atoms with Crippen molar-refractivity contribution in [3.05, 3.63) is 64.3 Å². The summed E-state index contributed by atoms with van der Waals surface area (Å²) in [5.74, 6) is -2.72. The minimum absolute atomic E-state index is 0.217. The number of rotatable bonds is 6. The molecule has 0 radical (unpaired) electrons. The Morgan fingerprint density at radius 2 is 1.55 bits per heavy atom. The normalized spacial score (nSPS) is 14.9. The maximum Gasteiger partial charge on any atom is 0.350 e. The second-order valence-corrected chi connectivity index (χ2v) is 7.41. The largest absolute Gasteiger partial charge is 0.493 e. The van der Waals surface area contributed by atoms with E-state index in [4.69, 9.17) is 30.5 Å². The van der Waals surface area contributed by atoms with Gasteiger partial charge in [-0.25, -0.2) is 9.59 Å². The molecule has 0 unspecified atom stereocenters. The predicted molar refractivity (Wildman–Crippen MR) is 112 cm³/mol. The molecule has 0 amide bonds. The molecule has 0 aromatic heterocycles. The smallest absolute Gasteiger partial charge is 0.350 e. The van der Waals surface area contributed by atoms with Crippen molar-refractivity contribution in [2.24, 2.45) is 0 Å². The van der Waals surface area contributed by atoms with E-state index in [1.165, 1.54) is 40.2 Å². The van der Waals surface area contributed by atoms with Gasteiger partial charge in [0.2, 0.25) is 0 Å². The quantitative estimate of drug-likeness (QED) is 0.311. The van der Waals surface area contributed by atoms with Gasteiger partial charge in [-0.2, -0.15) is 0 Å². The zero-order valence-electron chi connectivity index (χ0n) is 17.3. The fourth-order valence-electron chi connectivity index (χ4n) is 2.87. The van der Waals surface area contributed by atoms with E-state index in [9.17, 15) is 14.4 Å². The van der Waals surface area contributed by atoms with Crippen molar-refractivity contribution < 1.29 is 33.3 Å². The molecule has 1 N–H and O–H groups in total.